The zero-order valence-corrected chi connectivity index (χ0v) is 20.8. The van der Waals surface area contributed by atoms with E-state index >= 15 is 0 Å². The maximum Gasteiger partial charge on any atom is 0.305 e. The van der Waals surface area contributed by atoms with Gasteiger partial charge in [-0.25, -0.2) is 4.98 Å². The standard InChI is InChI=1S/C23H36N7O5/c1-5-7-10-29(4)14-19(31)17(12-20(32)33)28-22(34)18(8-6-2)30-11-9-26-21(23(30)35)27-13-16(25)15(3)24/h9,11,17-18,24H,5-8,10,12-14H2,1-4H3,(H,26,27)(H,28,34)(H,32,33)/q-1. The van der Waals surface area contributed by atoms with Gasteiger partial charge in [0, 0.05) is 24.7 Å². The fourth-order valence-electron chi connectivity index (χ4n) is 3.33. The highest BCUT2D eigenvalue weighted by atomic mass is 16.4. The van der Waals surface area contributed by atoms with Crippen molar-refractivity contribution in [2.24, 2.45) is 0 Å². The molecule has 0 spiro atoms. The first-order chi connectivity index (χ1) is 16.5. The third kappa shape index (κ3) is 9.77. The van der Waals surface area contributed by atoms with Crippen LogP contribution in [0.2, 0.25) is 0 Å². The first-order valence-electron chi connectivity index (χ1n) is 11.7. The zero-order chi connectivity index (χ0) is 26.5. The molecule has 0 aliphatic heterocycles. The van der Waals surface area contributed by atoms with Gasteiger partial charge in [0.2, 0.25) is 5.91 Å². The molecule has 1 rings (SSSR count). The Morgan fingerprint density at radius 2 is 1.97 bits per heavy atom. The summed E-state index contributed by atoms with van der Waals surface area (Å²) in [6.07, 6.45) is 4.71. The van der Waals surface area contributed by atoms with Crippen LogP contribution in [0, 0.1) is 5.41 Å². The SMILES string of the molecule is CCCCN(C)CC(=O)C(CC(=O)O)NC(=O)C(CCC)n1ccnc(NCC(=[N-])C(C)=N)c1=O. The number of nitrogens with one attached hydrogen (secondary N) is 3. The highest BCUT2D eigenvalue weighted by Crippen LogP contribution is 2.14. The predicted octanol–water partition coefficient (Wildman–Crippen LogP) is 1.31. The average Bonchev–Trinajstić information content (AvgIpc) is 2.79. The van der Waals surface area contributed by atoms with Crippen molar-refractivity contribution in [3.05, 3.63) is 28.2 Å². The van der Waals surface area contributed by atoms with Crippen LogP contribution in [0.15, 0.2) is 17.2 Å². The van der Waals surface area contributed by atoms with Gasteiger partial charge in [-0.1, -0.05) is 26.7 Å². The van der Waals surface area contributed by atoms with Gasteiger partial charge in [-0.3, -0.25) is 28.6 Å². The van der Waals surface area contributed by atoms with E-state index in [1.54, 1.807) is 11.9 Å². The van der Waals surface area contributed by atoms with E-state index in [2.05, 4.69) is 15.6 Å². The van der Waals surface area contributed by atoms with Gasteiger partial charge in [0.25, 0.3) is 5.56 Å². The molecule has 1 aromatic rings. The molecule has 12 heteroatoms. The van der Waals surface area contributed by atoms with Crippen molar-refractivity contribution >= 4 is 34.9 Å². The largest absolute Gasteiger partial charge is 0.805 e. The molecule has 12 nitrogen and oxygen atoms in total. The Morgan fingerprint density at radius 3 is 2.54 bits per heavy atom. The first kappa shape index (κ1) is 29.6. The Labute approximate surface area is 205 Å². The minimum atomic E-state index is -1.24. The molecular formula is C23H36N7O5-. The smallest absolute Gasteiger partial charge is 0.305 e. The van der Waals surface area contributed by atoms with E-state index in [4.69, 9.17) is 5.41 Å². The quantitative estimate of drug-likeness (QED) is 0.236. The number of amides is 1. The van der Waals surface area contributed by atoms with Crippen molar-refractivity contribution in [3.8, 4) is 0 Å². The number of unbranched alkanes of at least 4 members (excludes halogenated alkanes) is 1. The molecule has 0 saturated heterocycles. The summed E-state index contributed by atoms with van der Waals surface area (Å²) in [7, 11) is 1.76. The van der Waals surface area contributed by atoms with Gasteiger partial charge >= 0.3 is 5.97 Å². The summed E-state index contributed by atoms with van der Waals surface area (Å²) < 4.78 is 1.16. The third-order valence-electron chi connectivity index (χ3n) is 5.33. The van der Waals surface area contributed by atoms with Crippen LogP contribution in [0.25, 0.3) is 5.41 Å². The molecule has 0 aliphatic carbocycles. The second-order valence-electron chi connectivity index (χ2n) is 8.43. The molecule has 0 aliphatic rings. The molecule has 2 atom stereocenters. The van der Waals surface area contributed by atoms with E-state index < -0.39 is 41.7 Å². The van der Waals surface area contributed by atoms with Crippen LogP contribution in [0.1, 0.15) is 58.9 Å². The summed E-state index contributed by atoms with van der Waals surface area (Å²) in [5.41, 5.74) is -0.952. The molecule has 2 unspecified atom stereocenters. The molecule has 0 radical (unpaired) electrons. The Hall–Kier alpha value is -3.41. The highest BCUT2D eigenvalue weighted by molar-refractivity contribution is 6.42. The summed E-state index contributed by atoms with van der Waals surface area (Å²) in [6.45, 7) is 5.72. The maximum atomic E-state index is 13.2. The van der Waals surface area contributed by atoms with Gasteiger partial charge in [0.1, 0.15) is 6.04 Å². The number of Topliss-reactive ketones (excluding diaryl/α,β-unsaturated/α-hetero) is 1. The summed E-state index contributed by atoms with van der Waals surface area (Å²) in [4.78, 5) is 56.0. The number of aromatic nitrogens is 2. The molecule has 0 aromatic carbocycles. The van der Waals surface area contributed by atoms with Crippen LogP contribution in [-0.2, 0) is 14.4 Å². The molecule has 194 valence electrons. The Bertz CT molecular complexity index is 975. The van der Waals surface area contributed by atoms with Gasteiger partial charge in [-0.2, -0.15) is 0 Å². The Morgan fingerprint density at radius 1 is 1.29 bits per heavy atom. The molecule has 0 fully saturated rings. The number of anilines is 1. The number of carboxylic acid groups (broad SMARTS) is 1. The van der Waals surface area contributed by atoms with E-state index in [0.717, 1.165) is 17.4 Å². The second kappa shape index (κ2) is 14.8. The van der Waals surface area contributed by atoms with Gasteiger partial charge < -0.3 is 26.6 Å². The number of carbonyl (C=O) groups is 3. The lowest BCUT2D eigenvalue weighted by molar-refractivity contribution is -0.140. The summed E-state index contributed by atoms with van der Waals surface area (Å²) in [6, 6.07) is -2.24. The lowest BCUT2D eigenvalue weighted by Crippen LogP contribution is -2.49. The zero-order valence-electron chi connectivity index (χ0n) is 20.8. The molecule has 1 aromatic heterocycles. The van der Waals surface area contributed by atoms with E-state index in [-0.39, 0.29) is 36.8 Å². The van der Waals surface area contributed by atoms with Crippen LogP contribution in [0.3, 0.4) is 0 Å². The number of carbonyl (C=O) groups excluding carboxylic acids is 2. The first-order valence-corrected chi connectivity index (χ1v) is 11.7. The molecule has 1 amide bonds. The molecule has 0 bridgehead atoms. The lowest BCUT2D eigenvalue weighted by atomic mass is 10.1. The van der Waals surface area contributed by atoms with E-state index in [9.17, 15) is 29.7 Å². The highest BCUT2D eigenvalue weighted by Gasteiger charge is 2.29. The number of aliphatic carboxylic acids is 1. The molecule has 0 saturated carbocycles. The minimum Gasteiger partial charge on any atom is -0.805 e. The fraction of sp³-hybridized carbons (Fsp3) is 0.609. The summed E-state index contributed by atoms with van der Waals surface area (Å²) in [5, 5.41) is 31.6. The van der Waals surface area contributed by atoms with Crippen molar-refractivity contribution in [1.29, 1.82) is 5.41 Å². The lowest BCUT2D eigenvalue weighted by Gasteiger charge is -2.24. The van der Waals surface area contributed by atoms with Crippen LogP contribution in [0.4, 0.5) is 5.82 Å². The molecule has 4 N–H and O–H groups in total. The van der Waals surface area contributed by atoms with Crippen LogP contribution in [0.5, 0.6) is 0 Å². The Balaban J connectivity index is 3.12. The summed E-state index contributed by atoms with van der Waals surface area (Å²) in [5.74, 6) is -2.42. The van der Waals surface area contributed by atoms with Crippen molar-refractivity contribution in [3.63, 3.8) is 0 Å². The maximum absolute atomic E-state index is 13.2. The summed E-state index contributed by atoms with van der Waals surface area (Å²) >= 11 is 0. The number of rotatable bonds is 17. The molecular weight excluding hydrogens is 454 g/mol. The van der Waals surface area contributed by atoms with Gasteiger partial charge in [0.15, 0.2) is 11.6 Å². The second-order valence-corrected chi connectivity index (χ2v) is 8.43. The monoisotopic (exact) mass is 490 g/mol. The van der Waals surface area contributed by atoms with Gasteiger partial charge in [-0.05, 0) is 33.4 Å². The van der Waals surface area contributed by atoms with Crippen molar-refractivity contribution in [1.82, 2.24) is 19.8 Å². The molecule has 35 heavy (non-hydrogen) atoms. The van der Waals surface area contributed by atoms with Crippen molar-refractivity contribution in [2.75, 3.05) is 32.0 Å². The number of ketones is 1. The number of hydrogen-bond acceptors (Lipinski definition) is 8. The number of nitrogens with zero attached hydrogens (tertiary/aromatic N) is 4. The van der Waals surface area contributed by atoms with Gasteiger partial charge in [-0.15, -0.1) is 5.71 Å². The van der Waals surface area contributed by atoms with Crippen LogP contribution in [-0.4, -0.2) is 81.4 Å². The minimum absolute atomic E-state index is 0.00757. The average molecular weight is 491 g/mol. The number of carboxylic acids is 1. The number of likely N-dealkylation sites (N-methyl/N-ethyl adjacent to an activating group) is 1. The van der Waals surface area contributed by atoms with Crippen molar-refractivity contribution < 1.29 is 19.5 Å². The fourth-order valence-corrected chi connectivity index (χ4v) is 3.33. The van der Waals surface area contributed by atoms with E-state index in [1.807, 2.05) is 13.8 Å². The van der Waals surface area contributed by atoms with Crippen molar-refractivity contribution in [2.45, 2.75) is 65.0 Å². The van der Waals surface area contributed by atoms with Crippen LogP contribution < -0.4 is 16.2 Å². The third-order valence-corrected chi connectivity index (χ3v) is 5.33. The Kier molecular flexibility index (Phi) is 12.5. The normalized spacial score (nSPS) is 12.6. The topological polar surface area (TPSA) is 180 Å². The van der Waals surface area contributed by atoms with Crippen LogP contribution >= 0.6 is 0 Å². The number of hydrogen-bond donors (Lipinski definition) is 4. The molecule has 1 heterocycles. The van der Waals surface area contributed by atoms with E-state index in [0.29, 0.717) is 13.0 Å². The van der Waals surface area contributed by atoms with E-state index in [1.165, 1.54) is 19.3 Å². The predicted molar refractivity (Wildman–Crippen MR) is 134 cm³/mol. The van der Waals surface area contributed by atoms with Gasteiger partial charge in [0.05, 0.1) is 19.0 Å².